The molecule has 1 unspecified atom stereocenters. The van der Waals surface area contributed by atoms with E-state index in [1.165, 1.54) is 6.07 Å². The van der Waals surface area contributed by atoms with E-state index in [4.69, 9.17) is 11.6 Å². The number of hydrogen-bond donors (Lipinski definition) is 1. The smallest absolute Gasteiger partial charge is 0.159 e. The van der Waals surface area contributed by atoms with Gasteiger partial charge in [0, 0.05) is 10.5 Å². The molecule has 0 fully saturated rings. The van der Waals surface area contributed by atoms with Crippen molar-refractivity contribution in [3.05, 3.63) is 68.7 Å². The molecule has 5 heteroatoms. The summed E-state index contributed by atoms with van der Waals surface area (Å²) in [5.74, 6) is -1.66. The van der Waals surface area contributed by atoms with Crippen LogP contribution in [0.2, 0.25) is 5.02 Å². The van der Waals surface area contributed by atoms with E-state index in [2.05, 4.69) is 21.2 Å². The first kappa shape index (κ1) is 16.4. The van der Waals surface area contributed by atoms with Crippen molar-refractivity contribution in [2.24, 2.45) is 0 Å². The second-order valence-corrected chi connectivity index (χ2v) is 5.94. The SMILES string of the molecule is CCNC(Cc1ccc(F)c(F)c1)c1cccc(Br)c1Cl. The van der Waals surface area contributed by atoms with Crippen LogP contribution in [0.25, 0.3) is 0 Å². The van der Waals surface area contributed by atoms with Gasteiger partial charge in [0.25, 0.3) is 0 Å². The molecule has 21 heavy (non-hydrogen) atoms. The topological polar surface area (TPSA) is 12.0 Å². The van der Waals surface area contributed by atoms with E-state index in [-0.39, 0.29) is 6.04 Å². The van der Waals surface area contributed by atoms with Crippen LogP contribution in [0.5, 0.6) is 0 Å². The molecule has 0 aliphatic carbocycles. The van der Waals surface area contributed by atoms with E-state index in [9.17, 15) is 8.78 Å². The van der Waals surface area contributed by atoms with Gasteiger partial charge in [0.05, 0.1) is 5.02 Å². The second-order valence-electron chi connectivity index (χ2n) is 4.71. The third kappa shape index (κ3) is 4.02. The first-order valence-electron chi connectivity index (χ1n) is 6.64. The number of hydrogen-bond acceptors (Lipinski definition) is 1. The van der Waals surface area contributed by atoms with E-state index in [1.807, 2.05) is 25.1 Å². The summed E-state index contributed by atoms with van der Waals surface area (Å²) in [6.07, 6.45) is 0.529. The molecule has 0 amide bonds. The maximum Gasteiger partial charge on any atom is 0.159 e. The van der Waals surface area contributed by atoms with Crippen molar-refractivity contribution >= 4 is 27.5 Å². The maximum absolute atomic E-state index is 13.3. The molecule has 0 aromatic heterocycles. The number of benzene rings is 2. The summed E-state index contributed by atoms with van der Waals surface area (Å²) < 4.78 is 27.2. The maximum atomic E-state index is 13.3. The van der Waals surface area contributed by atoms with Gasteiger partial charge in [0.15, 0.2) is 11.6 Å². The highest BCUT2D eigenvalue weighted by atomic mass is 79.9. The summed E-state index contributed by atoms with van der Waals surface area (Å²) >= 11 is 9.73. The third-order valence-corrected chi connectivity index (χ3v) is 4.54. The Morgan fingerprint density at radius 1 is 1.19 bits per heavy atom. The lowest BCUT2D eigenvalue weighted by molar-refractivity contribution is 0.502. The molecule has 0 bridgehead atoms. The fraction of sp³-hybridized carbons (Fsp3) is 0.250. The summed E-state index contributed by atoms with van der Waals surface area (Å²) in [4.78, 5) is 0. The minimum atomic E-state index is -0.834. The highest BCUT2D eigenvalue weighted by Crippen LogP contribution is 2.32. The average Bonchev–Trinajstić information content (AvgIpc) is 2.45. The van der Waals surface area contributed by atoms with Gasteiger partial charge in [-0.3, -0.25) is 0 Å². The summed E-state index contributed by atoms with van der Waals surface area (Å²) in [5, 5.41) is 3.96. The summed E-state index contributed by atoms with van der Waals surface area (Å²) in [6.45, 7) is 2.74. The molecule has 2 rings (SSSR count). The molecule has 0 radical (unpaired) electrons. The number of rotatable bonds is 5. The van der Waals surface area contributed by atoms with Crippen molar-refractivity contribution in [1.29, 1.82) is 0 Å². The lowest BCUT2D eigenvalue weighted by Crippen LogP contribution is -2.23. The van der Waals surface area contributed by atoms with Crippen LogP contribution in [0, 0.1) is 11.6 Å². The Bertz CT molecular complexity index is 634. The fourth-order valence-electron chi connectivity index (χ4n) is 2.23. The minimum Gasteiger partial charge on any atom is -0.310 e. The van der Waals surface area contributed by atoms with Gasteiger partial charge in [-0.15, -0.1) is 0 Å². The predicted octanol–water partition coefficient (Wildman–Crippen LogP) is 5.27. The Morgan fingerprint density at radius 2 is 1.95 bits per heavy atom. The number of likely N-dealkylation sites (N-methyl/N-ethyl adjacent to an activating group) is 1. The van der Waals surface area contributed by atoms with Crippen molar-refractivity contribution in [2.75, 3.05) is 6.54 Å². The molecule has 1 N–H and O–H groups in total. The average molecular weight is 375 g/mol. The molecule has 0 aliphatic rings. The van der Waals surface area contributed by atoms with Gasteiger partial charge in [-0.1, -0.05) is 36.7 Å². The van der Waals surface area contributed by atoms with Crippen molar-refractivity contribution in [3.63, 3.8) is 0 Å². The lowest BCUT2D eigenvalue weighted by Gasteiger charge is -2.20. The lowest BCUT2D eigenvalue weighted by atomic mass is 9.98. The molecular weight excluding hydrogens is 360 g/mol. The minimum absolute atomic E-state index is 0.0649. The van der Waals surface area contributed by atoms with Crippen LogP contribution < -0.4 is 5.32 Å². The second kappa shape index (κ2) is 7.34. The Kier molecular flexibility index (Phi) is 5.73. The molecule has 0 spiro atoms. The largest absolute Gasteiger partial charge is 0.310 e. The van der Waals surface area contributed by atoms with Gasteiger partial charge in [0.1, 0.15) is 0 Å². The van der Waals surface area contributed by atoms with E-state index in [1.54, 1.807) is 6.07 Å². The number of nitrogens with one attached hydrogen (secondary N) is 1. The van der Waals surface area contributed by atoms with Crippen LogP contribution in [-0.2, 0) is 6.42 Å². The summed E-state index contributed by atoms with van der Waals surface area (Å²) in [6, 6.07) is 9.61. The van der Waals surface area contributed by atoms with Crippen LogP contribution >= 0.6 is 27.5 Å². The van der Waals surface area contributed by atoms with Gasteiger partial charge in [-0.25, -0.2) is 8.78 Å². The van der Waals surface area contributed by atoms with Crippen LogP contribution in [0.1, 0.15) is 24.1 Å². The highest BCUT2D eigenvalue weighted by Gasteiger charge is 2.16. The Morgan fingerprint density at radius 3 is 2.62 bits per heavy atom. The van der Waals surface area contributed by atoms with Crippen molar-refractivity contribution in [3.8, 4) is 0 Å². The molecule has 0 aliphatic heterocycles. The molecule has 0 saturated carbocycles. The van der Waals surface area contributed by atoms with E-state index >= 15 is 0 Å². The monoisotopic (exact) mass is 373 g/mol. The molecule has 2 aromatic rings. The van der Waals surface area contributed by atoms with Crippen LogP contribution in [0.3, 0.4) is 0 Å². The summed E-state index contributed by atoms with van der Waals surface area (Å²) in [5.41, 5.74) is 1.65. The Hall–Kier alpha value is -0.970. The predicted molar refractivity (Wildman–Crippen MR) is 85.6 cm³/mol. The molecule has 1 atom stereocenters. The summed E-state index contributed by atoms with van der Waals surface area (Å²) in [7, 11) is 0. The molecule has 112 valence electrons. The van der Waals surface area contributed by atoms with Gasteiger partial charge in [-0.2, -0.15) is 0 Å². The van der Waals surface area contributed by atoms with E-state index in [0.717, 1.165) is 28.2 Å². The van der Waals surface area contributed by atoms with Crippen LogP contribution in [-0.4, -0.2) is 6.54 Å². The Labute approximate surface area is 136 Å². The van der Waals surface area contributed by atoms with E-state index < -0.39 is 11.6 Å². The zero-order valence-electron chi connectivity index (χ0n) is 11.5. The fourth-order valence-corrected chi connectivity index (χ4v) is 2.87. The van der Waals surface area contributed by atoms with Crippen molar-refractivity contribution in [2.45, 2.75) is 19.4 Å². The molecule has 0 heterocycles. The number of halogens is 4. The van der Waals surface area contributed by atoms with Crippen molar-refractivity contribution in [1.82, 2.24) is 5.32 Å². The molecule has 1 nitrogen and oxygen atoms in total. The first-order chi connectivity index (χ1) is 10.0. The van der Waals surface area contributed by atoms with Gasteiger partial charge >= 0.3 is 0 Å². The molecule has 0 saturated heterocycles. The molecular formula is C16H15BrClF2N. The van der Waals surface area contributed by atoms with Crippen LogP contribution in [0.15, 0.2) is 40.9 Å². The standard InChI is InChI=1S/C16H15BrClF2N/c1-2-21-15(11-4-3-5-12(17)16(11)18)9-10-6-7-13(19)14(20)8-10/h3-8,15,21H,2,9H2,1H3. The van der Waals surface area contributed by atoms with Gasteiger partial charge < -0.3 is 5.32 Å². The van der Waals surface area contributed by atoms with Crippen molar-refractivity contribution < 1.29 is 8.78 Å². The molecule has 2 aromatic carbocycles. The van der Waals surface area contributed by atoms with Gasteiger partial charge in [0.2, 0.25) is 0 Å². The Balaban J connectivity index is 2.30. The zero-order chi connectivity index (χ0) is 15.4. The normalized spacial score (nSPS) is 12.4. The van der Waals surface area contributed by atoms with Crippen LogP contribution in [0.4, 0.5) is 8.78 Å². The first-order valence-corrected chi connectivity index (χ1v) is 7.81. The highest BCUT2D eigenvalue weighted by molar-refractivity contribution is 9.10. The zero-order valence-corrected chi connectivity index (χ0v) is 13.8. The third-order valence-electron chi connectivity index (χ3n) is 3.23. The van der Waals surface area contributed by atoms with Gasteiger partial charge in [-0.05, 0) is 58.2 Å². The quantitative estimate of drug-likeness (QED) is 0.751. The van der Waals surface area contributed by atoms with E-state index in [0.29, 0.717) is 11.4 Å².